The van der Waals surface area contributed by atoms with Crippen molar-refractivity contribution >= 4 is 5.91 Å². The van der Waals surface area contributed by atoms with Gasteiger partial charge in [0.2, 0.25) is 5.91 Å². The van der Waals surface area contributed by atoms with Crippen LogP contribution in [-0.2, 0) is 4.79 Å². The van der Waals surface area contributed by atoms with E-state index < -0.39 is 0 Å². The molecule has 1 N–H and O–H groups in total. The minimum atomic E-state index is 0.181. The van der Waals surface area contributed by atoms with Crippen LogP contribution < -0.4 is 5.32 Å². The second-order valence-electron chi connectivity index (χ2n) is 8.61. The van der Waals surface area contributed by atoms with E-state index in [-0.39, 0.29) is 5.54 Å². The molecule has 1 amide bonds. The fraction of sp³-hybridized carbons (Fsp3) is 0.944. The average molecular weight is 277 g/mol. The predicted molar refractivity (Wildman–Crippen MR) is 82.4 cm³/mol. The predicted octanol–water partition coefficient (Wildman–Crippen LogP) is 4.29. The zero-order chi connectivity index (χ0) is 14.4. The summed E-state index contributed by atoms with van der Waals surface area (Å²) in [7, 11) is 0. The van der Waals surface area contributed by atoms with E-state index in [9.17, 15) is 4.79 Å². The smallest absolute Gasteiger partial charge is 0.223 e. The molecular formula is C18H31NO. The van der Waals surface area contributed by atoms with Crippen LogP contribution >= 0.6 is 0 Å². The SMILES string of the molecule is CC(C)C1CCC(C(=O)NC23CCC(C)(CC2)C3)CC1. The molecule has 114 valence electrons. The molecule has 0 heterocycles. The zero-order valence-electron chi connectivity index (χ0n) is 13.5. The van der Waals surface area contributed by atoms with Crippen molar-refractivity contribution in [3.05, 3.63) is 0 Å². The van der Waals surface area contributed by atoms with Gasteiger partial charge in [-0.3, -0.25) is 4.79 Å². The molecule has 0 aromatic rings. The van der Waals surface area contributed by atoms with Crippen molar-refractivity contribution in [2.75, 3.05) is 0 Å². The molecule has 3 rings (SSSR count). The summed E-state index contributed by atoms with van der Waals surface area (Å²) in [5, 5.41) is 3.48. The first-order valence-electron chi connectivity index (χ1n) is 8.74. The lowest BCUT2D eigenvalue weighted by Gasteiger charge is -2.34. The van der Waals surface area contributed by atoms with Crippen molar-refractivity contribution in [3.8, 4) is 0 Å². The Balaban J connectivity index is 1.54. The Kier molecular flexibility index (Phi) is 3.63. The summed E-state index contributed by atoms with van der Waals surface area (Å²) in [5.41, 5.74) is 0.712. The fourth-order valence-electron chi connectivity index (χ4n) is 5.08. The quantitative estimate of drug-likeness (QED) is 0.819. The van der Waals surface area contributed by atoms with Crippen molar-refractivity contribution in [2.45, 2.75) is 84.1 Å². The van der Waals surface area contributed by atoms with Gasteiger partial charge < -0.3 is 5.32 Å². The molecule has 0 spiro atoms. The third-order valence-electron chi connectivity index (χ3n) is 6.65. The van der Waals surface area contributed by atoms with Gasteiger partial charge in [-0.25, -0.2) is 0 Å². The molecule has 3 aliphatic carbocycles. The number of hydrogen-bond donors (Lipinski definition) is 1. The minimum Gasteiger partial charge on any atom is -0.350 e. The molecule has 2 bridgehead atoms. The minimum absolute atomic E-state index is 0.181. The van der Waals surface area contributed by atoms with Gasteiger partial charge in [0.15, 0.2) is 0 Å². The highest BCUT2D eigenvalue weighted by Crippen LogP contribution is 2.56. The van der Waals surface area contributed by atoms with E-state index in [1.165, 1.54) is 44.9 Å². The van der Waals surface area contributed by atoms with Crippen LogP contribution in [0.5, 0.6) is 0 Å². The Labute approximate surface area is 124 Å². The van der Waals surface area contributed by atoms with Crippen molar-refractivity contribution in [1.29, 1.82) is 0 Å². The van der Waals surface area contributed by atoms with Gasteiger partial charge in [0, 0.05) is 11.5 Å². The van der Waals surface area contributed by atoms with Crippen molar-refractivity contribution < 1.29 is 4.79 Å². The summed E-state index contributed by atoms with van der Waals surface area (Å²) in [6.45, 7) is 7.05. The normalized spacial score (nSPS) is 44.0. The molecule has 0 atom stereocenters. The topological polar surface area (TPSA) is 29.1 Å². The van der Waals surface area contributed by atoms with E-state index in [1.54, 1.807) is 0 Å². The Bertz CT molecular complexity index is 371. The van der Waals surface area contributed by atoms with E-state index in [2.05, 4.69) is 26.1 Å². The molecule has 0 aromatic heterocycles. The van der Waals surface area contributed by atoms with Crippen LogP contribution in [0.3, 0.4) is 0 Å². The Morgan fingerprint density at radius 2 is 1.65 bits per heavy atom. The van der Waals surface area contributed by atoms with Gasteiger partial charge in [0.05, 0.1) is 0 Å². The molecule has 20 heavy (non-hydrogen) atoms. The van der Waals surface area contributed by atoms with Crippen molar-refractivity contribution in [3.63, 3.8) is 0 Å². The summed E-state index contributed by atoms with van der Waals surface area (Å²) in [4.78, 5) is 12.6. The highest BCUT2D eigenvalue weighted by atomic mass is 16.2. The van der Waals surface area contributed by atoms with E-state index in [1.807, 2.05) is 0 Å². The third kappa shape index (κ3) is 2.63. The lowest BCUT2D eigenvalue weighted by atomic mass is 9.76. The highest BCUT2D eigenvalue weighted by Gasteiger charge is 2.52. The number of nitrogens with one attached hydrogen (secondary N) is 1. The van der Waals surface area contributed by atoms with Crippen molar-refractivity contribution in [1.82, 2.24) is 5.32 Å². The molecule has 0 unspecified atom stereocenters. The molecule has 3 saturated carbocycles. The van der Waals surface area contributed by atoms with Crippen molar-refractivity contribution in [2.24, 2.45) is 23.2 Å². The number of hydrogen-bond acceptors (Lipinski definition) is 1. The van der Waals surface area contributed by atoms with Gasteiger partial charge in [-0.15, -0.1) is 0 Å². The molecule has 3 fully saturated rings. The third-order valence-corrected chi connectivity index (χ3v) is 6.65. The van der Waals surface area contributed by atoms with Gasteiger partial charge in [-0.05, 0) is 75.0 Å². The first-order valence-corrected chi connectivity index (χ1v) is 8.74. The van der Waals surface area contributed by atoms with Crippen LogP contribution in [0, 0.1) is 23.2 Å². The largest absolute Gasteiger partial charge is 0.350 e. The molecular weight excluding hydrogens is 246 g/mol. The average Bonchev–Trinajstić information content (AvgIpc) is 2.92. The first-order chi connectivity index (χ1) is 9.41. The van der Waals surface area contributed by atoms with Gasteiger partial charge in [0.25, 0.3) is 0 Å². The van der Waals surface area contributed by atoms with E-state index in [0.717, 1.165) is 24.7 Å². The fourth-order valence-corrected chi connectivity index (χ4v) is 5.08. The van der Waals surface area contributed by atoms with Crippen LogP contribution in [0.15, 0.2) is 0 Å². The number of carbonyl (C=O) groups is 1. The maximum Gasteiger partial charge on any atom is 0.223 e. The summed E-state index contributed by atoms with van der Waals surface area (Å²) >= 11 is 0. The van der Waals surface area contributed by atoms with Gasteiger partial charge in [-0.2, -0.15) is 0 Å². The first kappa shape index (κ1) is 14.4. The van der Waals surface area contributed by atoms with Crippen LogP contribution in [-0.4, -0.2) is 11.4 Å². The zero-order valence-corrected chi connectivity index (χ0v) is 13.5. The summed E-state index contributed by atoms with van der Waals surface area (Å²) in [5.74, 6) is 2.30. The Hall–Kier alpha value is -0.530. The monoisotopic (exact) mass is 277 g/mol. The lowest BCUT2D eigenvalue weighted by molar-refractivity contribution is -0.128. The van der Waals surface area contributed by atoms with Gasteiger partial charge in [-0.1, -0.05) is 20.8 Å². The Morgan fingerprint density at radius 1 is 1.05 bits per heavy atom. The number of rotatable bonds is 3. The highest BCUT2D eigenvalue weighted by molar-refractivity contribution is 5.79. The van der Waals surface area contributed by atoms with Crippen LogP contribution in [0.4, 0.5) is 0 Å². The lowest BCUT2D eigenvalue weighted by Crippen LogP contribution is -2.48. The molecule has 0 radical (unpaired) electrons. The molecule has 3 aliphatic rings. The molecule has 2 heteroatoms. The van der Waals surface area contributed by atoms with Gasteiger partial charge >= 0.3 is 0 Å². The Morgan fingerprint density at radius 3 is 2.10 bits per heavy atom. The number of fused-ring (bicyclic) bond motifs is 2. The van der Waals surface area contributed by atoms with Crippen LogP contribution in [0.25, 0.3) is 0 Å². The van der Waals surface area contributed by atoms with E-state index in [4.69, 9.17) is 0 Å². The standard InChI is InChI=1S/C18H31NO/c1-13(2)14-4-6-15(7-5-14)16(20)19-18-10-8-17(3,12-18)9-11-18/h13-15H,4-12H2,1-3H3,(H,19,20). The second kappa shape index (κ2) is 5.03. The number of amides is 1. The summed E-state index contributed by atoms with van der Waals surface area (Å²) in [6, 6.07) is 0. The van der Waals surface area contributed by atoms with Gasteiger partial charge in [0.1, 0.15) is 0 Å². The second-order valence-corrected chi connectivity index (χ2v) is 8.61. The summed E-state index contributed by atoms with van der Waals surface area (Å²) in [6.07, 6.45) is 11.0. The summed E-state index contributed by atoms with van der Waals surface area (Å²) < 4.78 is 0. The van der Waals surface area contributed by atoms with E-state index >= 15 is 0 Å². The maximum absolute atomic E-state index is 12.6. The molecule has 0 saturated heterocycles. The van der Waals surface area contributed by atoms with Crippen LogP contribution in [0.2, 0.25) is 0 Å². The molecule has 0 aliphatic heterocycles. The maximum atomic E-state index is 12.6. The number of carbonyl (C=O) groups excluding carboxylic acids is 1. The molecule has 0 aromatic carbocycles. The van der Waals surface area contributed by atoms with E-state index in [0.29, 0.717) is 17.2 Å². The van der Waals surface area contributed by atoms with Crippen LogP contribution in [0.1, 0.15) is 78.6 Å². The molecule has 2 nitrogen and oxygen atoms in total.